The number of aryl methyl sites for hydroxylation is 1. The Morgan fingerprint density at radius 3 is 2.16 bits per heavy atom. The first-order valence-corrected chi connectivity index (χ1v) is 6.21. The SMILES string of the molecule is C[n+]1ccn(C(=O)N2CC(C)(C)OC(C)(C)C2)c1.[I-]. The van der Waals surface area contributed by atoms with E-state index in [0.717, 1.165) is 0 Å². The lowest BCUT2D eigenvalue weighted by Crippen LogP contribution is -3.00. The molecule has 1 saturated heterocycles. The summed E-state index contributed by atoms with van der Waals surface area (Å²) in [6.07, 6.45) is 5.41. The van der Waals surface area contributed by atoms with Crippen molar-refractivity contribution in [3.8, 4) is 0 Å². The van der Waals surface area contributed by atoms with Gasteiger partial charge in [-0.3, -0.25) is 4.90 Å². The van der Waals surface area contributed by atoms with E-state index in [2.05, 4.69) is 0 Å². The fourth-order valence-corrected chi connectivity index (χ4v) is 2.65. The zero-order valence-corrected chi connectivity index (χ0v) is 14.3. The van der Waals surface area contributed by atoms with Crippen LogP contribution in [0.25, 0.3) is 0 Å². The molecule has 1 aliphatic heterocycles. The van der Waals surface area contributed by atoms with Crippen molar-refractivity contribution >= 4 is 6.03 Å². The van der Waals surface area contributed by atoms with Gasteiger partial charge >= 0.3 is 6.03 Å². The molecule has 2 heterocycles. The van der Waals surface area contributed by atoms with E-state index in [1.54, 1.807) is 17.1 Å². The van der Waals surface area contributed by atoms with Gasteiger partial charge in [-0.25, -0.2) is 9.36 Å². The maximum Gasteiger partial charge on any atom is 0.415 e. The van der Waals surface area contributed by atoms with Crippen LogP contribution in [0.2, 0.25) is 0 Å². The van der Waals surface area contributed by atoms with Crippen molar-refractivity contribution in [1.82, 2.24) is 9.47 Å². The average Bonchev–Trinajstić information content (AvgIpc) is 2.58. The van der Waals surface area contributed by atoms with Gasteiger partial charge in [0.25, 0.3) is 6.33 Å². The lowest BCUT2D eigenvalue weighted by Gasteiger charge is -2.46. The van der Waals surface area contributed by atoms with Gasteiger partial charge in [0.1, 0.15) is 12.4 Å². The molecule has 1 aromatic rings. The first-order chi connectivity index (χ1) is 8.19. The molecule has 1 aromatic heterocycles. The van der Waals surface area contributed by atoms with Crippen LogP contribution in [0, 0.1) is 0 Å². The highest BCUT2D eigenvalue weighted by Crippen LogP contribution is 2.28. The average molecular weight is 379 g/mol. The van der Waals surface area contributed by atoms with E-state index in [1.165, 1.54) is 0 Å². The van der Waals surface area contributed by atoms with Crippen molar-refractivity contribution in [3.05, 3.63) is 18.7 Å². The van der Waals surface area contributed by atoms with Crippen LogP contribution in [0.1, 0.15) is 27.7 Å². The minimum atomic E-state index is -0.313. The van der Waals surface area contributed by atoms with E-state index >= 15 is 0 Å². The van der Waals surface area contributed by atoms with E-state index in [4.69, 9.17) is 4.74 Å². The van der Waals surface area contributed by atoms with Crippen molar-refractivity contribution in [2.75, 3.05) is 13.1 Å². The highest BCUT2D eigenvalue weighted by molar-refractivity contribution is 5.76. The van der Waals surface area contributed by atoms with Crippen molar-refractivity contribution in [2.45, 2.75) is 38.9 Å². The van der Waals surface area contributed by atoms with E-state index in [9.17, 15) is 4.79 Å². The molecule has 0 aromatic carbocycles. The molecule has 0 saturated carbocycles. The number of carbonyl (C=O) groups is 1. The first kappa shape index (κ1) is 16.4. The Morgan fingerprint density at radius 2 is 1.74 bits per heavy atom. The number of nitrogens with zero attached hydrogens (tertiary/aromatic N) is 3. The topological polar surface area (TPSA) is 38.3 Å². The summed E-state index contributed by atoms with van der Waals surface area (Å²) in [4.78, 5) is 14.3. The number of halogens is 1. The predicted octanol–water partition coefficient (Wildman–Crippen LogP) is -1.83. The second-order valence-corrected chi connectivity index (χ2v) is 6.25. The Morgan fingerprint density at radius 1 is 1.21 bits per heavy atom. The molecule has 2 rings (SSSR count). The largest absolute Gasteiger partial charge is 1.00 e. The van der Waals surface area contributed by atoms with Crippen molar-refractivity contribution < 1.29 is 38.1 Å². The Labute approximate surface area is 131 Å². The smallest absolute Gasteiger partial charge is 0.415 e. The van der Waals surface area contributed by atoms with E-state index in [1.807, 2.05) is 50.4 Å². The number of hydrogen-bond acceptors (Lipinski definition) is 2. The number of hydrogen-bond donors (Lipinski definition) is 0. The zero-order chi connectivity index (χ0) is 13.6. The lowest BCUT2D eigenvalue weighted by molar-refractivity contribution is -0.670. The molecule has 0 spiro atoms. The standard InChI is InChI=1S/C13H22N3O2.HI/c1-12(2)8-16(9-13(3,4)18-12)11(17)15-7-6-14(5)10-15;/h6-7,10H,8-9H2,1-5H3;1H/q+1;/p-1. The zero-order valence-electron chi connectivity index (χ0n) is 12.2. The highest BCUT2D eigenvalue weighted by atomic mass is 127. The Bertz CT molecular complexity index is 452. The molecule has 0 radical (unpaired) electrons. The molecule has 19 heavy (non-hydrogen) atoms. The molecule has 0 aliphatic carbocycles. The van der Waals surface area contributed by atoms with Gasteiger partial charge in [0.15, 0.2) is 0 Å². The number of aromatic nitrogens is 2. The van der Waals surface area contributed by atoms with E-state index in [-0.39, 0.29) is 41.2 Å². The highest BCUT2D eigenvalue weighted by Gasteiger charge is 2.41. The molecular weight excluding hydrogens is 357 g/mol. The molecule has 0 atom stereocenters. The summed E-state index contributed by atoms with van der Waals surface area (Å²) in [6, 6.07) is 0.0000463. The first-order valence-electron chi connectivity index (χ1n) is 6.21. The Hall–Kier alpha value is -0.630. The van der Waals surface area contributed by atoms with Crippen LogP contribution in [0.5, 0.6) is 0 Å². The van der Waals surface area contributed by atoms with Crippen molar-refractivity contribution in [3.63, 3.8) is 0 Å². The van der Waals surface area contributed by atoms with Crippen LogP contribution in [0.3, 0.4) is 0 Å². The van der Waals surface area contributed by atoms with Crippen molar-refractivity contribution in [1.29, 1.82) is 0 Å². The molecule has 1 amide bonds. The summed E-state index contributed by atoms with van der Waals surface area (Å²) in [5.74, 6) is 0. The molecule has 5 nitrogen and oxygen atoms in total. The molecule has 1 fully saturated rings. The summed E-state index contributed by atoms with van der Waals surface area (Å²) in [6.45, 7) is 9.29. The third-order valence-electron chi connectivity index (χ3n) is 2.96. The minimum absolute atomic E-state index is 0. The predicted molar refractivity (Wildman–Crippen MR) is 67.2 cm³/mol. The number of amides is 1. The number of imidazole rings is 1. The maximum atomic E-state index is 12.4. The Kier molecular flexibility index (Phi) is 4.66. The van der Waals surface area contributed by atoms with E-state index < -0.39 is 0 Å². The van der Waals surface area contributed by atoms with Crippen LogP contribution in [-0.4, -0.2) is 39.8 Å². The third-order valence-corrected chi connectivity index (χ3v) is 2.96. The molecule has 0 bridgehead atoms. The fourth-order valence-electron chi connectivity index (χ4n) is 2.65. The molecular formula is C13H22IN3O2. The quantitative estimate of drug-likeness (QED) is 0.393. The maximum absolute atomic E-state index is 12.4. The monoisotopic (exact) mass is 379 g/mol. The number of rotatable bonds is 0. The van der Waals surface area contributed by atoms with Gasteiger partial charge in [-0.2, -0.15) is 4.57 Å². The normalized spacial score (nSPS) is 20.8. The van der Waals surface area contributed by atoms with Crippen LogP contribution in [0.15, 0.2) is 18.7 Å². The summed E-state index contributed by atoms with van der Waals surface area (Å²) in [7, 11) is 1.90. The van der Waals surface area contributed by atoms with Gasteiger partial charge in [-0.1, -0.05) is 0 Å². The molecule has 108 valence electrons. The van der Waals surface area contributed by atoms with Gasteiger partial charge in [-0.05, 0) is 27.7 Å². The summed E-state index contributed by atoms with van der Waals surface area (Å²) in [5, 5.41) is 0. The molecule has 1 aliphatic rings. The second-order valence-electron chi connectivity index (χ2n) is 6.25. The van der Waals surface area contributed by atoms with Crippen LogP contribution in [0.4, 0.5) is 4.79 Å². The van der Waals surface area contributed by atoms with E-state index in [0.29, 0.717) is 13.1 Å². The molecule has 6 heteroatoms. The minimum Gasteiger partial charge on any atom is -1.00 e. The van der Waals surface area contributed by atoms with Gasteiger partial charge in [0.2, 0.25) is 0 Å². The number of carbonyl (C=O) groups excluding carboxylic acids is 1. The van der Waals surface area contributed by atoms with Crippen LogP contribution >= 0.6 is 0 Å². The van der Waals surface area contributed by atoms with Gasteiger partial charge in [0, 0.05) is 0 Å². The lowest BCUT2D eigenvalue weighted by atomic mass is 9.99. The van der Waals surface area contributed by atoms with Crippen LogP contribution in [-0.2, 0) is 11.8 Å². The summed E-state index contributed by atoms with van der Waals surface area (Å²) in [5.41, 5.74) is -0.625. The second kappa shape index (κ2) is 5.40. The number of ether oxygens (including phenoxy) is 1. The van der Waals surface area contributed by atoms with Gasteiger partial charge in [-0.15, -0.1) is 0 Å². The fraction of sp³-hybridized carbons (Fsp3) is 0.692. The third kappa shape index (κ3) is 3.92. The summed E-state index contributed by atoms with van der Waals surface area (Å²) < 4.78 is 9.44. The Balaban J connectivity index is 0.00000180. The van der Waals surface area contributed by atoms with Gasteiger partial charge in [0.05, 0.1) is 31.3 Å². The van der Waals surface area contributed by atoms with Gasteiger partial charge < -0.3 is 28.7 Å². The molecule has 0 unspecified atom stereocenters. The molecule has 0 N–H and O–H groups in total. The van der Waals surface area contributed by atoms with Crippen molar-refractivity contribution in [2.24, 2.45) is 7.05 Å². The summed E-state index contributed by atoms with van der Waals surface area (Å²) >= 11 is 0. The van der Waals surface area contributed by atoms with Crippen LogP contribution < -0.4 is 28.5 Å². The number of morpholine rings is 1.